The monoisotopic (exact) mass is 471 g/mol. The van der Waals surface area contributed by atoms with Crippen LogP contribution in [0.2, 0.25) is 0 Å². The van der Waals surface area contributed by atoms with Crippen LogP contribution in [0.25, 0.3) is 0 Å². The smallest absolute Gasteiger partial charge is 0.287 e. The molecule has 0 spiro atoms. The summed E-state index contributed by atoms with van der Waals surface area (Å²) in [5, 5.41) is 42.8. The zero-order valence-corrected chi connectivity index (χ0v) is 17.7. The fourth-order valence-electron chi connectivity index (χ4n) is 2.65. The SMILES string of the molecule is COc1ccc(C/C(=N\OS(O)(O)O)S[C@H]2O[C@@H](CO)[C@@H](O)[C@@H](O)[C@H]2O)cc1OC. The molecule has 7 N–H and O–H groups in total. The quantitative estimate of drug-likeness (QED) is 0.156. The minimum absolute atomic E-state index is 0.00949. The molecule has 30 heavy (non-hydrogen) atoms. The Labute approximate surface area is 178 Å². The lowest BCUT2D eigenvalue weighted by Gasteiger charge is -2.39. The highest BCUT2D eigenvalue weighted by Crippen LogP contribution is 2.36. The maximum atomic E-state index is 10.2. The van der Waals surface area contributed by atoms with E-state index in [0.717, 1.165) is 11.8 Å². The van der Waals surface area contributed by atoms with E-state index in [0.29, 0.717) is 17.1 Å². The first-order valence-electron chi connectivity index (χ1n) is 8.53. The molecule has 172 valence electrons. The topological polar surface area (TPSA) is 191 Å². The number of aliphatic hydroxyl groups excluding tert-OH is 4. The molecule has 14 heteroatoms. The first-order valence-corrected chi connectivity index (χ1v) is 10.8. The first-order chi connectivity index (χ1) is 14.1. The second-order valence-electron chi connectivity index (χ2n) is 6.21. The van der Waals surface area contributed by atoms with Gasteiger partial charge in [-0.05, 0) is 17.7 Å². The van der Waals surface area contributed by atoms with E-state index < -0.39 is 47.6 Å². The van der Waals surface area contributed by atoms with E-state index in [1.807, 2.05) is 0 Å². The van der Waals surface area contributed by atoms with E-state index >= 15 is 0 Å². The molecule has 0 saturated carbocycles. The first kappa shape index (κ1) is 24.9. The number of rotatable bonds is 8. The van der Waals surface area contributed by atoms with Crippen molar-refractivity contribution in [3.63, 3.8) is 0 Å². The fourth-order valence-corrected chi connectivity index (χ4v) is 3.99. The van der Waals surface area contributed by atoms with Crippen LogP contribution < -0.4 is 9.47 Å². The molecule has 0 aliphatic carbocycles. The van der Waals surface area contributed by atoms with Crippen molar-refractivity contribution >= 4 is 28.0 Å². The van der Waals surface area contributed by atoms with Crippen molar-refractivity contribution in [2.75, 3.05) is 20.8 Å². The Hall–Kier alpha value is -1.33. The van der Waals surface area contributed by atoms with Crippen LogP contribution in [0.1, 0.15) is 5.56 Å². The number of oxime groups is 1. The van der Waals surface area contributed by atoms with Gasteiger partial charge in [0.1, 0.15) is 34.9 Å². The zero-order chi connectivity index (χ0) is 22.5. The van der Waals surface area contributed by atoms with Gasteiger partial charge < -0.3 is 34.6 Å². The number of thioether (sulfide) groups is 1. The molecule has 0 radical (unpaired) electrons. The second-order valence-corrected chi connectivity index (χ2v) is 8.47. The van der Waals surface area contributed by atoms with E-state index in [1.54, 1.807) is 18.2 Å². The fraction of sp³-hybridized carbons (Fsp3) is 0.562. The summed E-state index contributed by atoms with van der Waals surface area (Å²) in [6.45, 7) is -0.613. The molecule has 2 rings (SSSR count). The molecule has 0 unspecified atom stereocenters. The van der Waals surface area contributed by atoms with Gasteiger partial charge in [-0.1, -0.05) is 23.0 Å². The number of ether oxygens (including phenoxy) is 3. The Morgan fingerprint density at radius 1 is 1.07 bits per heavy atom. The standard InChI is InChI=1S/C16H25NO11S2/c1-25-9-4-3-8(5-10(9)26-2)6-12(17-28-30(22,23)24)29-16-15(21)14(20)13(19)11(7-18)27-16/h3-5,11,13-16,18-24H,6-7H2,1-2H3/b17-12+/t11-,13+,14+,15+,16+/m0/s1. The molecule has 0 bridgehead atoms. The lowest BCUT2D eigenvalue weighted by Crippen LogP contribution is -2.57. The average molecular weight is 472 g/mol. The summed E-state index contributed by atoms with van der Waals surface area (Å²) in [5.74, 6) is 0.890. The largest absolute Gasteiger partial charge is 0.493 e. The third-order valence-electron chi connectivity index (χ3n) is 4.14. The Morgan fingerprint density at radius 3 is 2.30 bits per heavy atom. The summed E-state index contributed by atoms with van der Waals surface area (Å²) in [4.78, 5) is 0. The van der Waals surface area contributed by atoms with Crippen LogP contribution in [0.3, 0.4) is 0 Å². The summed E-state index contributed by atoms with van der Waals surface area (Å²) >= 11 is -3.67. The second kappa shape index (κ2) is 10.8. The van der Waals surface area contributed by atoms with Crippen molar-refractivity contribution in [3.05, 3.63) is 23.8 Å². The lowest BCUT2D eigenvalue weighted by molar-refractivity contribution is -0.205. The van der Waals surface area contributed by atoms with Crippen molar-refractivity contribution in [2.45, 2.75) is 36.3 Å². The van der Waals surface area contributed by atoms with Crippen LogP contribution in [-0.2, 0) is 15.4 Å². The summed E-state index contributed by atoms with van der Waals surface area (Å²) in [6, 6.07) is 4.92. The number of benzene rings is 1. The minimum Gasteiger partial charge on any atom is -0.493 e. The average Bonchev–Trinajstić information content (AvgIpc) is 2.71. The number of nitrogens with zero attached hydrogens (tertiary/aromatic N) is 1. The highest BCUT2D eigenvalue weighted by molar-refractivity contribution is 8.15. The van der Waals surface area contributed by atoms with Gasteiger partial charge in [-0.25, -0.2) is 0 Å². The highest BCUT2D eigenvalue weighted by Gasteiger charge is 2.44. The van der Waals surface area contributed by atoms with Gasteiger partial charge in [0.25, 0.3) is 11.2 Å². The van der Waals surface area contributed by atoms with Crippen LogP contribution in [-0.4, -0.2) is 89.8 Å². The van der Waals surface area contributed by atoms with Gasteiger partial charge in [0.05, 0.1) is 20.8 Å². The summed E-state index contributed by atoms with van der Waals surface area (Å²) in [6.07, 6.45) is -5.82. The van der Waals surface area contributed by atoms with Gasteiger partial charge in [0, 0.05) is 6.42 Å². The molecule has 1 aromatic carbocycles. The van der Waals surface area contributed by atoms with E-state index in [1.165, 1.54) is 14.2 Å². The van der Waals surface area contributed by atoms with Gasteiger partial charge in [0.2, 0.25) is 0 Å². The molecule has 1 saturated heterocycles. The Balaban J connectivity index is 2.25. The van der Waals surface area contributed by atoms with Crippen LogP contribution in [0.5, 0.6) is 11.5 Å². The van der Waals surface area contributed by atoms with Crippen LogP contribution in [0.4, 0.5) is 0 Å². The van der Waals surface area contributed by atoms with Crippen LogP contribution in [0, 0.1) is 0 Å². The van der Waals surface area contributed by atoms with Gasteiger partial charge in [-0.2, -0.15) is 0 Å². The highest BCUT2D eigenvalue weighted by atomic mass is 32.3. The lowest BCUT2D eigenvalue weighted by atomic mass is 10.0. The minimum atomic E-state index is -4.40. The predicted molar refractivity (Wildman–Crippen MR) is 109 cm³/mol. The van der Waals surface area contributed by atoms with Gasteiger partial charge in [0.15, 0.2) is 11.5 Å². The van der Waals surface area contributed by atoms with Gasteiger partial charge in [-0.15, -0.1) is 0 Å². The molecular weight excluding hydrogens is 446 g/mol. The van der Waals surface area contributed by atoms with Crippen LogP contribution >= 0.6 is 22.9 Å². The maximum Gasteiger partial charge on any atom is 0.287 e. The van der Waals surface area contributed by atoms with E-state index in [4.69, 9.17) is 27.9 Å². The number of hydrogen-bond acceptors (Lipinski definition) is 13. The summed E-state index contributed by atoms with van der Waals surface area (Å²) < 4.78 is 47.2. The Bertz CT molecular complexity index is 728. The molecule has 12 nitrogen and oxygen atoms in total. The molecule has 5 atom stereocenters. The molecule has 0 aromatic heterocycles. The van der Waals surface area contributed by atoms with Gasteiger partial charge >= 0.3 is 0 Å². The predicted octanol–water partition coefficient (Wildman–Crippen LogP) is 0.248. The normalized spacial score (nSPS) is 28.2. The van der Waals surface area contributed by atoms with E-state index in [-0.39, 0.29) is 11.5 Å². The molecule has 1 fully saturated rings. The zero-order valence-electron chi connectivity index (χ0n) is 16.1. The third-order valence-corrected chi connectivity index (χ3v) is 5.53. The molecule has 1 aliphatic heterocycles. The van der Waals surface area contributed by atoms with Crippen molar-refractivity contribution in [1.29, 1.82) is 0 Å². The molecule has 1 aromatic rings. The van der Waals surface area contributed by atoms with Crippen molar-refractivity contribution < 1.29 is 52.6 Å². The van der Waals surface area contributed by atoms with Crippen LogP contribution in [0.15, 0.2) is 23.4 Å². The number of hydrogen-bond donors (Lipinski definition) is 7. The third kappa shape index (κ3) is 6.58. The Morgan fingerprint density at radius 2 is 1.73 bits per heavy atom. The van der Waals surface area contributed by atoms with Gasteiger partial charge in [-0.3, -0.25) is 17.9 Å². The maximum absolute atomic E-state index is 10.2. The molecule has 1 heterocycles. The summed E-state index contributed by atoms with van der Waals surface area (Å²) in [7, 11) is 2.92. The van der Waals surface area contributed by atoms with Crippen molar-refractivity contribution in [1.82, 2.24) is 0 Å². The molecule has 0 amide bonds. The van der Waals surface area contributed by atoms with E-state index in [9.17, 15) is 20.4 Å². The van der Waals surface area contributed by atoms with Crippen molar-refractivity contribution in [2.24, 2.45) is 5.16 Å². The molecular formula is C16H25NO11S2. The van der Waals surface area contributed by atoms with E-state index in [2.05, 4.69) is 9.44 Å². The molecule has 1 aliphatic rings. The number of methoxy groups -OCH3 is 2. The summed E-state index contributed by atoms with van der Waals surface area (Å²) in [5.41, 5.74) is -0.579. The van der Waals surface area contributed by atoms with Crippen molar-refractivity contribution in [3.8, 4) is 11.5 Å². The Kier molecular flexibility index (Phi) is 8.98. The number of aliphatic hydroxyl groups is 4.